The Balaban J connectivity index is 2.15. The van der Waals surface area contributed by atoms with Crippen LogP contribution in [0.2, 0.25) is 0 Å². The molecule has 1 aromatic rings. The minimum absolute atomic E-state index is 0.139. The van der Waals surface area contributed by atoms with Crippen LogP contribution in [0.1, 0.15) is 36.5 Å². The lowest BCUT2D eigenvalue weighted by Crippen LogP contribution is -2.24. The molecular weight excluding hydrogens is 170 g/mol. The third-order valence-corrected chi connectivity index (χ3v) is 3.24. The molecule has 2 N–H and O–H groups in total. The van der Waals surface area contributed by atoms with Crippen LogP contribution in [0.5, 0.6) is 0 Å². The average molecular weight is 189 g/mol. The normalized spacial score (nSPS) is 18.2. The van der Waals surface area contributed by atoms with E-state index >= 15 is 0 Å². The molecule has 0 amide bonds. The van der Waals surface area contributed by atoms with Gasteiger partial charge in [0.2, 0.25) is 0 Å². The topological polar surface area (TPSA) is 26.0 Å². The molecule has 1 fully saturated rings. The van der Waals surface area contributed by atoms with Gasteiger partial charge >= 0.3 is 0 Å². The summed E-state index contributed by atoms with van der Waals surface area (Å²) in [4.78, 5) is 0. The fraction of sp³-hybridized carbons (Fsp3) is 0.538. The SMILES string of the molecule is CCc1ccc(CC2(N)CC2)cc1C. The second kappa shape index (κ2) is 3.39. The fourth-order valence-corrected chi connectivity index (χ4v) is 2.01. The highest BCUT2D eigenvalue weighted by Crippen LogP contribution is 2.35. The van der Waals surface area contributed by atoms with Gasteiger partial charge in [-0.2, -0.15) is 0 Å². The van der Waals surface area contributed by atoms with Gasteiger partial charge < -0.3 is 5.73 Å². The van der Waals surface area contributed by atoms with E-state index in [0.717, 1.165) is 12.8 Å². The molecular formula is C13H19N. The number of benzene rings is 1. The fourth-order valence-electron chi connectivity index (χ4n) is 2.01. The zero-order valence-electron chi connectivity index (χ0n) is 9.14. The van der Waals surface area contributed by atoms with Gasteiger partial charge in [-0.1, -0.05) is 25.1 Å². The van der Waals surface area contributed by atoms with E-state index in [-0.39, 0.29) is 5.54 Å². The van der Waals surface area contributed by atoms with E-state index in [1.165, 1.54) is 29.5 Å². The van der Waals surface area contributed by atoms with Gasteiger partial charge in [0.15, 0.2) is 0 Å². The maximum atomic E-state index is 6.10. The maximum absolute atomic E-state index is 6.10. The van der Waals surface area contributed by atoms with Gasteiger partial charge in [0.05, 0.1) is 0 Å². The molecule has 1 aliphatic rings. The summed E-state index contributed by atoms with van der Waals surface area (Å²) in [5, 5.41) is 0. The first-order chi connectivity index (χ1) is 6.63. The van der Waals surface area contributed by atoms with Crippen molar-refractivity contribution in [2.24, 2.45) is 5.73 Å². The van der Waals surface area contributed by atoms with E-state index in [1.54, 1.807) is 0 Å². The maximum Gasteiger partial charge on any atom is 0.0196 e. The Bertz CT molecular complexity index is 337. The molecule has 0 aromatic heterocycles. The van der Waals surface area contributed by atoms with E-state index in [2.05, 4.69) is 32.0 Å². The molecule has 1 nitrogen and oxygen atoms in total. The summed E-state index contributed by atoms with van der Waals surface area (Å²) in [6.07, 6.45) is 4.57. The first-order valence-corrected chi connectivity index (χ1v) is 5.50. The van der Waals surface area contributed by atoms with Gasteiger partial charge in [-0.3, -0.25) is 0 Å². The molecule has 14 heavy (non-hydrogen) atoms. The minimum Gasteiger partial charge on any atom is -0.325 e. The lowest BCUT2D eigenvalue weighted by Gasteiger charge is -2.10. The molecule has 0 saturated heterocycles. The van der Waals surface area contributed by atoms with Crippen LogP contribution in [0, 0.1) is 6.92 Å². The zero-order chi connectivity index (χ0) is 10.2. The Morgan fingerprint density at radius 1 is 1.36 bits per heavy atom. The van der Waals surface area contributed by atoms with E-state index in [0.29, 0.717) is 0 Å². The molecule has 2 rings (SSSR count). The van der Waals surface area contributed by atoms with E-state index < -0.39 is 0 Å². The molecule has 0 heterocycles. The van der Waals surface area contributed by atoms with E-state index in [1.807, 2.05) is 0 Å². The van der Waals surface area contributed by atoms with Crippen LogP contribution in [0.3, 0.4) is 0 Å². The predicted octanol–water partition coefficient (Wildman–Crippen LogP) is 2.59. The quantitative estimate of drug-likeness (QED) is 0.777. The summed E-state index contributed by atoms with van der Waals surface area (Å²) < 4.78 is 0. The smallest absolute Gasteiger partial charge is 0.0196 e. The summed E-state index contributed by atoms with van der Waals surface area (Å²) in [6.45, 7) is 4.39. The Morgan fingerprint density at radius 3 is 2.57 bits per heavy atom. The van der Waals surface area contributed by atoms with Crippen LogP contribution in [0.4, 0.5) is 0 Å². The van der Waals surface area contributed by atoms with Crippen LogP contribution < -0.4 is 5.73 Å². The van der Waals surface area contributed by atoms with Gasteiger partial charge in [-0.05, 0) is 49.3 Å². The zero-order valence-corrected chi connectivity index (χ0v) is 9.14. The van der Waals surface area contributed by atoms with Crippen LogP contribution in [-0.4, -0.2) is 5.54 Å². The monoisotopic (exact) mass is 189 g/mol. The van der Waals surface area contributed by atoms with Crippen molar-refractivity contribution >= 4 is 0 Å². The lowest BCUT2D eigenvalue weighted by atomic mass is 9.98. The van der Waals surface area contributed by atoms with Crippen molar-refractivity contribution in [3.8, 4) is 0 Å². The molecule has 0 spiro atoms. The number of hydrogen-bond acceptors (Lipinski definition) is 1. The first kappa shape index (κ1) is 9.72. The summed E-state index contributed by atoms with van der Waals surface area (Å²) >= 11 is 0. The second-order valence-corrected chi connectivity index (χ2v) is 4.65. The highest BCUT2D eigenvalue weighted by Gasteiger charge is 2.37. The number of rotatable bonds is 3. The molecule has 1 aromatic carbocycles. The molecule has 1 saturated carbocycles. The molecule has 0 unspecified atom stereocenters. The minimum atomic E-state index is 0.139. The molecule has 0 radical (unpaired) electrons. The van der Waals surface area contributed by atoms with Crippen molar-refractivity contribution in [3.05, 3.63) is 34.9 Å². The molecule has 76 valence electrons. The van der Waals surface area contributed by atoms with Crippen LogP contribution in [0.15, 0.2) is 18.2 Å². The highest BCUT2D eigenvalue weighted by molar-refractivity contribution is 5.32. The van der Waals surface area contributed by atoms with Crippen molar-refractivity contribution in [2.75, 3.05) is 0 Å². The summed E-state index contributed by atoms with van der Waals surface area (Å²) in [5.74, 6) is 0. The second-order valence-electron chi connectivity index (χ2n) is 4.65. The van der Waals surface area contributed by atoms with E-state index in [9.17, 15) is 0 Å². The highest BCUT2D eigenvalue weighted by atomic mass is 14.8. The number of nitrogens with two attached hydrogens (primary N) is 1. The molecule has 0 atom stereocenters. The largest absolute Gasteiger partial charge is 0.325 e. The lowest BCUT2D eigenvalue weighted by molar-refractivity contribution is 0.671. The Hall–Kier alpha value is -0.820. The molecule has 1 heteroatoms. The third kappa shape index (κ3) is 1.98. The summed E-state index contributed by atoms with van der Waals surface area (Å²) in [5.41, 5.74) is 10.5. The van der Waals surface area contributed by atoms with Crippen LogP contribution >= 0.6 is 0 Å². The Morgan fingerprint density at radius 2 is 2.07 bits per heavy atom. The van der Waals surface area contributed by atoms with Crippen LogP contribution in [-0.2, 0) is 12.8 Å². The van der Waals surface area contributed by atoms with Crippen molar-refractivity contribution in [1.29, 1.82) is 0 Å². The van der Waals surface area contributed by atoms with Gasteiger partial charge in [0, 0.05) is 5.54 Å². The standard InChI is InChI=1S/C13H19N/c1-3-12-5-4-11(8-10(12)2)9-13(14)6-7-13/h4-5,8H,3,6-7,9,14H2,1-2H3. The Labute approximate surface area is 86.3 Å². The van der Waals surface area contributed by atoms with Gasteiger partial charge in [0.25, 0.3) is 0 Å². The van der Waals surface area contributed by atoms with E-state index in [4.69, 9.17) is 5.73 Å². The van der Waals surface area contributed by atoms with Crippen LogP contribution in [0.25, 0.3) is 0 Å². The molecule has 0 aliphatic heterocycles. The third-order valence-electron chi connectivity index (χ3n) is 3.24. The summed E-state index contributed by atoms with van der Waals surface area (Å²) in [6, 6.07) is 6.78. The van der Waals surface area contributed by atoms with Crippen molar-refractivity contribution in [3.63, 3.8) is 0 Å². The summed E-state index contributed by atoms with van der Waals surface area (Å²) in [7, 11) is 0. The first-order valence-electron chi connectivity index (χ1n) is 5.50. The average Bonchev–Trinajstić information content (AvgIpc) is 2.84. The van der Waals surface area contributed by atoms with Gasteiger partial charge in [-0.15, -0.1) is 0 Å². The molecule has 0 bridgehead atoms. The van der Waals surface area contributed by atoms with Gasteiger partial charge in [0.1, 0.15) is 0 Å². The number of hydrogen-bond donors (Lipinski definition) is 1. The predicted molar refractivity (Wildman–Crippen MR) is 60.4 cm³/mol. The van der Waals surface area contributed by atoms with Crippen molar-refractivity contribution in [2.45, 2.75) is 45.1 Å². The molecule has 1 aliphatic carbocycles. The number of aryl methyl sites for hydroxylation is 2. The van der Waals surface area contributed by atoms with Gasteiger partial charge in [-0.25, -0.2) is 0 Å². The Kier molecular flexibility index (Phi) is 2.36. The van der Waals surface area contributed by atoms with Crippen molar-refractivity contribution in [1.82, 2.24) is 0 Å². The van der Waals surface area contributed by atoms with Crippen molar-refractivity contribution < 1.29 is 0 Å².